The predicted octanol–water partition coefficient (Wildman–Crippen LogP) is -0.696. The Kier molecular flexibility index (Phi) is 3.38. The average Bonchev–Trinajstić information content (AvgIpc) is 2.93. The Hall–Kier alpha value is -0.160. The molecule has 2 rings (SSSR count). The molecule has 0 aromatic rings. The molecule has 1 heterocycles. The van der Waals surface area contributed by atoms with Crippen LogP contribution in [0.1, 0.15) is 12.8 Å². The number of nitrogens with zero attached hydrogens (tertiary/aromatic N) is 2. The zero-order chi connectivity index (χ0) is 9.97. The van der Waals surface area contributed by atoms with Crippen molar-refractivity contribution in [3.8, 4) is 0 Å². The Bertz CT molecular complexity index is 176. The van der Waals surface area contributed by atoms with E-state index in [2.05, 4.69) is 22.2 Å². The third-order valence-electron chi connectivity index (χ3n) is 3.03. The molecule has 1 saturated carbocycles. The van der Waals surface area contributed by atoms with Crippen molar-refractivity contribution in [1.29, 1.82) is 0 Å². The van der Waals surface area contributed by atoms with Crippen LogP contribution in [0.15, 0.2) is 0 Å². The molecule has 2 fully saturated rings. The number of piperazine rings is 1. The van der Waals surface area contributed by atoms with E-state index in [1.54, 1.807) is 0 Å². The second-order valence-corrected chi connectivity index (χ2v) is 4.56. The first-order chi connectivity index (χ1) is 6.74. The first-order valence-corrected chi connectivity index (χ1v) is 5.59. The fourth-order valence-electron chi connectivity index (χ4n) is 1.85. The summed E-state index contributed by atoms with van der Waals surface area (Å²) in [5, 5.41) is 12.9. The van der Waals surface area contributed by atoms with Gasteiger partial charge in [-0.1, -0.05) is 0 Å². The van der Waals surface area contributed by atoms with Gasteiger partial charge in [0.05, 0.1) is 0 Å². The van der Waals surface area contributed by atoms with Gasteiger partial charge in [-0.3, -0.25) is 10.2 Å². The molecule has 1 atom stereocenters. The van der Waals surface area contributed by atoms with Crippen LogP contribution in [0.5, 0.6) is 0 Å². The van der Waals surface area contributed by atoms with Crippen molar-refractivity contribution in [2.45, 2.75) is 25.1 Å². The molecule has 2 aliphatic rings. The standard InChI is InChI=1S/C10H21N3O/c1-12-4-6-13(7-5-12)8-10(14)11-9-2-3-9/h9-11,14H,2-8H2,1H3. The van der Waals surface area contributed by atoms with Gasteiger partial charge in [0.25, 0.3) is 0 Å². The summed E-state index contributed by atoms with van der Waals surface area (Å²) in [7, 11) is 2.15. The lowest BCUT2D eigenvalue weighted by Crippen LogP contribution is -2.49. The van der Waals surface area contributed by atoms with Crippen molar-refractivity contribution in [3.05, 3.63) is 0 Å². The highest BCUT2D eigenvalue weighted by molar-refractivity contribution is 4.83. The van der Waals surface area contributed by atoms with Crippen LogP contribution in [0.3, 0.4) is 0 Å². The molecule has 0 aromatic heterocycles. The summed E-state index contributed by atoms with van der Waals surface area (Å²) in [5.41, 5.74) is 0. The van der Waals surface area contributed by atoms with Gasteiger partial charge >= 0.3 is 0 Å². The van der Waals surface area contributed by atoms with E-state index in [4.69, 9.17) is 0 Å². The van der Waals surface area contributed by atoms with Crippen molar-refractivity contribution in [3.63, 3.8) is 0 Å². The third-order valence-corrected chi connectivity index (χ3v) is 3.03. The van der Waals surface area contributed by atoms with Crippen LogP contribution < -0.4 is 5.32 Å². The SMILES string of the molecule is CN1CCN(CC(O)NC2CC2)CC1. The Morgan fingerprint density at radius 1 is 1.29 bits per heavy atom. The van der Waals surface area contributed by atoms with Crippen molar-refractivity contribution in [2.24, 2.45) is 0 Å². The normalized spacial score (nSPS) is 27.9. The number of nitrogens with one attached hydrogen (secondary N) is 1. The van der Waals surface area contributed by atoms with Crippen molar-refractivity contribution >= 4 is 0 Å². The van der Waals surface area contributed by atoms with Crippen LogP contribution in [-0.2, 0) is 0 Å². The topological polar surface area (TPSA) is 38.7 Å². The average molecular weight is 199 g/mol. The van der Waals surface area contributed by atoms with Crippen LogP contribution in [0.2, 0.25) is 0 Å². The van der Waals surface area contributed by atoms with E-state index in [1.807, 2.05) is 0 Å². The monoisotopic (exact) mass is 199 g/mol. The quantitative estimate of drug-likeness (QED) is 0.588. The summed E-state index contributed by atoms with van der Waals surface area (Å²) in [4.78, 5) is 4.66. The molecule has 14 heavy (non-hydrogen) atoms. The number of hydrogen-bond donors (Lipinski definition) is 2. The summed E-state index contributed by atoms with van der Waals surface area (Å²) in [6, 6.07) is 0.595. The summed E-state index contributed by atoms with van der Waals surface area (Å²) in [6.45, 7) is 5.19. The largest absolute Gasteiger partial charge is 0.377 e. The summed E-state index contributed by atoms with van der Waals surface area (Å²) >= 11 is 0. The molecule has 4 nitrogen and oxygen atoms in total. The first-order valence-electron chi connectivity index (χ1n) is 5.59. The third kappa shape index (κ3) is 3.20. The molecule has 0 spiro atoms. The Morgan fingerprint density at radius 2 is 1.93 bits per heavy atom. The van der Waals surface area contributed by atoms with Crippen molar-refractivity contribution < 1.29 is 5.11 Å². The van der Waals surface area contributed by atoms with E-state index in [0.717, 1.165) is 32.7 Å². The second kappa shape index (κ2) is 4.57. The number of β-amino-alcohol motifs (C(OH)–C–C–N with tert-alkyl or cyclic N) is 1. The maximum absolute atomic E-state index is 9.71. The molecule has 0 amide bonds. The van der Waals surface area contributed by atoms with Crippen LogP contribution in [0.4, 0.5) is 0 Å². The fraction of sp³-hybridized carbons (Fsp3) is 1.00. The number of likely N-dealkylation sites (N-methyl/N-ethyl adjacent to an activating group) is 1. The van der Waals surface area contributed by atoms with Gasteiger partial charge in [0.2, 0.25) is 0 Å². The van der Waals surface area contributed by atoms with Gasteiger partial charge in [-0.05, 0) is 19.9 Å². The molecular weight excluding hydrogens is 178 g/mol. The Labute approximate surface area is 85.9 Å². The zero-order valence-corrected chi connectivity index (χ0v) is 8.95. The minimum atomic E-state index is -0.328. The van der Waals surface area contributed by atoms with E-state index in [0.29, 0.717) is 6.04 Å². The number of rotatable bonds is 4. The number of hydrogen-bond acceptors (Lipinski definition) is 4. The van der Waals surface area contributed by atoms with E-state index >= 15 is 0 Å². The van der Waals surface area contributed by atoms with E-state index in [-0.39, 0.29) is 6.23 Å². The van der Waals surface area contributed by atoms with Crippen LogP contribution >= 0.6 is 0 Å². The molecule has 1 aliphatic heterocycles. The minimum absolute atomic E-state index is 0.328. The lowest BCUT2D eigenvalue weighted by Gasteiger charge is -2.33. The predicted molar refractivity (Wildman–Crippen MR) is 56.1 cm³/mol. The molecule has 4 heteroatoms. The molecule has 2 N–H and O–H groups in total. The summed E-state index contributed by atoms with van der Waals surface area (Å²) < 4.78 is 0. The molecule has 82 valence electrons. The minimum Gasteiger partial charge on any atom is -0.377 e. The molecule has 0 bridgehead atoms. The van der Waals surface area contributed by atoms with Crippen molar-refractivity contribution in [2.75, 3.05) is 39.8 Å². The summed E-state index contributed by atoms with van der Waals surface area (Å²) in [6.07, 6.45) is 2.14. The lowest BCUT2D eigenvalue weighted by atomic mass is 10.3. The number of aliphatic hydroxyl groups excluding tert-OH is 1. The smallest absolute Gasteiger partial charge is 0.117 e. The maximum Gasteiger partial charge on any atom is 0.117 e. The lowest BCUT2D eigenvalue weighted by molar-refractivity contribution is 0.0602. The molecule has 0 radical (unpaired) electrons. The van der Waals surface area contributed by atoms with Gasteiger partial charge in [0.1, 0.15) is 6.23 Å². The van der Waals surface area contributed by atoms with Crippen LogP contribution in [-0.4, -0.2) is 66.9 Å². The molecule has 1 saturated heterocycles. The molecule has 1 unspecified atom stereocenters. The summed E-state index contributed by atoms with van der Waals surface area (Å²) in [5.74, 6) is 0. The van der Waals surface area contributed by atoms with Gasteiger partial charge in [-0.25, -0.2) is 0 Å². The molecule has 1 aliphatic carbocycles. The highest BCUT2D eigenvalue weighted by atomic mass is 16.3. The highest BCUT2D eigenvalue weighted by Gasteiger charge is 2.25. The van der Waals surface area contributed by atoms with E-state index in [9.17, 15) is 5.11 Å². The van der Waals surface area contributed by atoms with Crippen molar-refractivity contribution in [1.82, 2.24) is 15.1 Å². The van der Waals surface area contributed by atoms with Gasteiger partial charge in [-0.2, -0.15) is 0 Å². The van der Waals surface area contributed by atoms with Gasteiger partial charge in [0.15, 0.2) is 0 Å². The molecular formula is C10H21N3O. The first kappa shape index (κ1) is 10.4. The maximum atomic E-state index is 9.71. The highest BCUT2D eigenvalue weighted by Crippen LogP contribution is 2.19. The van der Waals surface area contributed by atoms with E-state index < -0.39 is 0 Å². The second-order valence-electron chi connectivity index (χ2n) is 4.56. The Morgan fingerprint density at radius 3 is 2.50 bits per heavy atom. The van der Waals surface area contributed by atoms with E-state index in [1.165, 1.54) is 12.8 Å². The zero-order valence-electron chi connectivity index (χ0n) is 8.95. The van der Waals surface area contributed by atoms with Gasteiger partial charge < -0.3 is 10.0 Å². The fourth-order valence-corrected chi connectivity index (χ4v) is 1.85. The van der Waals surface area contributed by atoms with Gasteiger partial charge in [0, 0.05) is 38.8 Å². The van der Waals surface area contributed by atoms with Crippen LogP contribution in [0.25, 0.3) is 0 Å². The molecule has 0 aromatic carbocycles. The Balaban J connectivity index is 1.63. The number of aliphatic hydroxyl groups is 1. The van der Waals surface area contributed by atoms with Gasteiger partial charge in [-0.15, -0.1) is 0 Å². The van der Waals surface area contributed by atoms with Crippen LogP contribution in [0, 0.1) is 0 Å².